The smallest absolute Gasteiger partial charge is 0.142 e. The van der Waals surface area contributed by atoms with E-state index in [4.69, 9.17) is 4.74 Å². The number of rotatable bonds is 2. The van der Waals surface area contributed by atoms with Crippen molar-refractivity contribution in [3.05, 3.63) is 23.8 Å². The fourth-order valence-electron chi connectivity index (χ4n) is 4.69. The average Bonchev–Trinajstić information content (AvgIpc) is 2.79. The van der Waals surface area contributed by atoms with Gasteiger partial charge in [0.1, 0.15) is 5.75 Å². The second kappa shape index (κ2) is 4.98. The van der Waals surface area contributed by atoms with Crippen molar-refractivity contribution in [3.8, 4) is 5.75 Å². The molecule has 0 aromatic heterocycles. The van der Waals surface area contributed by atoms with Gasteiger partial charge in [0.25, 0.3) is 0 Å². The Labute approximate surface area is 122 Å². The van der Waals surface area contributed by atoms with Crippen molar-refractivity contribution in [2.24, 2.45) is 17.3 Å². The number of methoxy groups -OCH3 is 1. The van der Waals surface area contributed by atoms with Crippen LogP contribution < -0.4 is 10.1 Å². The van der Waals surface area contributed by atoms with Gasteiger partial charge in [-0.15, -0.1) is 0 Å². The summed E-state index contributed by atoms with van der Waals surface area (Å²) < 4.78 is 5.49. The molecule has 3 rings (SSSR count). The SMILES string of the molecule is COc1cccc2c1NCC2C1CC(C)CC(C)(C)C1. The third kappa shape index (κ3) is 2.41. The van der Waals surface area contributed by atoms with Gasteiger partial charge in [0, 0.05) is 12.5 Å². The van der Waals surface area contributed by atoms with Crippen LogP contribution in [0.15, 0.2) is 18.2 Å². The fourth-order valence-corrected chi connectivity index (χ4v) is 4.69. The predicted octanol–water partition coefficient (Wildman–Crippen LogP) is 4.67. The van der Waals surface area contributed by atoms with Crippen molar-refractivity contribution in [1.29, 1.82) is 0 Å². The van der Waals surface area contributed by atoms with Crippen LogP contribution in [0.2, 0.25) is 0 Å². The number of nitrogens with one attached hydrogen (secondary N) is 1. The molecule has 20 heavy (non-hydrogen) atoms. The zero-order chi connectivity index (χ0) is 14.3. The maximum atomic E-state index is 5.49. The quantitative estimate of drug-likeness (QED) is 0.845. The summed E-state index contributed by atoms with van der Waals surface area (Å²) in [5.41, 5.74) is 3.19. The molecule has 1 heterocycles. The van der Waals surface area contributed by atoms with E-state index in [1.54, 1.807) is 7.11 Å². The number of fused-ring (bicyclic) bond motifs is 1. The molecule has 110 valence electrons. The van der Waals surface area contributed by atoms with Crippen LogP contribution in [0.3, 0.4) is 0 Å². The third-order valence-electron chi connectivity index (χ3n) is 5.17. The van der Waals surface area contributed by atoms with E-state index in [9.17, 15) is 0 Å². The molecule has 0 radical (unpaired) electrons. The summed E-state index contributed by atoms with van der Waals surface area (Å²) in [6.45, 7) is 8.36. The molecule has 1 aromatic rings. The van der Waals surface area contributed by atoms with Crippen molar-refractivity contribution in [1.82, 2.24) is 0 Å². The maximum absolute atomic E-state index is 5.49. The molecular formula is C18H27NO. The molecule has 1 aromatic carbocycles. The predicted molar refractivity (Wildman–Crippen MR) is 84.5 cm³/mol. The molecule has 3 unspecified atom stereocenters. The van der Waals surface area contributed by atoms with Gasteiger partial charge in [-0.25, -0.2) is 0 Å². The molecule has 0 bridgehead atoms. The lowest BCUT2D eigenvalue weighted by molar-refractivity contribution is 0.119. The Hall–Kier alpha value is -1.18. The summed E-state index contributed by atoms with van der Waals surface area (Å²) in [7, 11) is 1.76. The molecule has 1 aliphatic carbocycles. The Morgan fingerprint density at radius 2 is 2.05 bits per heavy atom. The van der Waals surface area contributed by atoms with Crippen LogP contribution in [0.5, 0.6) is 5.75 Å². The van der Waals surface area contributed by atoms with Gasteiger partial charge in [-0.2, -0.15) is 0 Å². The molecule has 1 saturated carbocycles. The van der Waals surface area contributed by atoms with Crippen LogP contribution in [0.4, 0.5) is 5.69 Å². The standard InChI is InChI=1S/C18H27NO/c1-12-8-13(10-18(2,3)9-12)15-11-19-17-14(15)6-5-7-16(17)20-4/h5-7,12-13,15,19H,8-11H2,1-4H3. The summed E-state index contributed by atoms with van der Waals surface area (Å²) in [5, 5.41) is 3.58. The molecule has 1 aliphatic heterocycles. The van der Waals surface area contributed by atoms with Crippen molar-refractivity contribution >= 4 is 5.69 Å². The molecule has 2 heteroatoms. The Kier molecular flexibility index (Phi) is 3.43. The van der Waals surface area contributed by atoms with E-state index in [0.717, 1.165) is 24.1 Å². The zero-order valence-corrected chi connectivity index (χ0v) is 13.2. The highest BCUT2D eigenvalue weighted by Gasteiger charge is 2.39. The van der Waals surface area contributed by atoms with Gasteiger partial charge in [-0.05, 0) is 48.1 Å². The number of hydrogen-bond donors (Lipinski definition) is 1. The summed E-state index contributed by atoms with van der Waals surface area (Å²) in [6.07, 6.45) is 4.08. The van der Waals surface area contributed by atoms with E-state index < -0.39 is 0 Å². The highest BCUT2D eigenvalue weighted by molar-refractivity contribution is 5.67. The molecule has 2 aliphatic rings. The van der Waals surface area contributed by atoms with Gasteiger partial charge in [0.15, 0.2) is 0 Å². The maximum Gasteiger partial charge on any atom is 0.142 e. The Morgan fingerprint density at radius 1 is 1.25 bits per heavy atom. The number of para-hydroxylation sites is 1. The fraction of sp³-hybridized carbons (Fsp3) is 0.667. The van der Waals surface area contributed by atoms with Gasteiger partial charge < -0.3 is 10.1 Å². The van der Waals surface area contributed by atoms with Crippen LogP contribution >= 0.6 is 0 Å². The zero-order valence-electron chi connectivity index (χ0n) is 13.2. The highest BCUT2D eigenvalue weighted by atomic mass is 16.5. The molecule has 1 N–H and O–H groups in total. The lowest BCUT2D eigenvalue weighted by Gasteiger charge is -2.41. The minimum absolute atomic E-state index is 0.490. The second-order valence-electron chi connectivity index (χ2n) is 7.59. The van der Waals surface area contributed by atoms with Gasteiger partial charge in [-0.1, -0.05) is 32.9 Å². The monoisotopic (exact) mass is 273 g/mol. The summed E-state index contributed by atoms with van der Waals surface area (Å²) in [6, 6.07) is 6.48. The lowest BCUT2D eigenvalue weighted by atomic mass is 9.64. The van der Waals surface area contributed by atoms with E-state index in [-0.39, 0.29) is 0 Å². The van der Waals surface area contributed by atoms with Crippen LogP contribution in [0, 0.1) is 17.3 Å². The van der Waals surface area contributed by atoms with Gasteiger partial charge in [0.2, 0.25) is 0 Å². The van der Waals surface area contributed by atoms with Gasteiger partial charge in [0.05, 0.1) is 12.8 Å². The topological polar surface area (TPSA) is 21.3 Å². The van der Waals surface area contributed by atoms with Crippen molar-refractivity contribution in [3.63, 3.8) is 0 Å². The molecule has 2 nitrogen and oxygen atoms in total. The van der Waals surface area contributed by atoms with Crippen LogP contribution in [-0.4, -0.2) is 13.7 Å². The molecular weight excluding hydrogens is 246 g/mol. The molecule has 1 fully saturated rings. The lowest BCUT2D eigenvalue weighted by Crippen LogP contribution is -2.31. The molecule has 0 spiro atoms. The minimum Gasteiger partial charge on any atom is -0.495 e. The van der Waals surface area contributed by atoms with E-state index in [2.05, 4.69) is 44.3 Å². The average molecular weight is 273 g/mol. The summed E-state index contributed by atoms with van der Waals surface area (Å²) in [4.78, 5) is 0. The van der Waals surface area contributed by atoms with Crippen LogP contribution in [-0.2, 0) is 0 Å². The first kappa shape index (κ1) is 13.8. The van der Waals surface area contributed by atoms with E-state index in [0.29, 0.717) is 11.3 Å². The normalized spacial score (nSPS) is 31.5. The third-order valence-corrected chi connectivity index (χ3v) is 5.17. The van der Waals surface area contributed by atoms with E-state index in [1.165, 1.54) is 30.5 Å². The number of hydrogen-bond acceptors (Lipinski definition) is 2. The Balaban J connectivity index is 1.87. The molecule has 0 saturated heterocycles. The van der Waals surface area contributed by atoms with Crippen molar-refractivity contribution in [2.75, 3.05) is 19.0 Å². The largest absolute Gasteiger partial charge is 0.495 e. The minimum atomic E-state index is 0.490. The van der Waals surface area contributed by atoms with Crippen molar-refractivity contribution in [2.45, 2.75) is 46.0 Å². The number of benzene rings is 1. The highest BCUT2D eigenvalue weighted by Crippen LogP contribution is 2.50. The number of ether oxygens (including phenoxy) is 1. The van der Waals surface area contributed by atoms with Crippen molar-refractivity contribution < 1.29 is 4.74 Å². The van der Waals surface area contributed by atoms with Gasteiger partial charge in [-0.3, -0.25) is 0 Å². The summed E-state index contributed by atoms with van der Waals surface area (Å²) in [5.74, 6) is 3.29. The second-order valence-corrected chi connectivity index (χ2v) is 7.59. The summed E-state index contributed by atoms with van der Waals surface area (Å²) >= 11 is 0. The van der Waals surface area contributed by atoms with E-state index >= 15 is 0 Å². The van der Waals surface area contributed by atoms with Gasteiger partial charge >= 0.3 is 0 Å². The Morgan fingerprint density at radius 3 is 2.75 bits per heavy atom. The van der Waals surface area contributed by atoms with Crippen LogP contribution in [0.1, 0.15) is 51.5 Å². The van der Waals surface area contributed by atoms with E-state index in [1.807, 2.05) is 0 Å². The first-order chi connectivity index (χ1) is 9.50. The first-order valence-corrected chi connectivity index (χ1v) is 7.91. The van der Waals surface area contributed by atoms with Crippen LogP contribution in [0.25, 0.3) is 0 Å². The molecule has 3 atom stereocenters. The first-order valence-electron chi connectivity index (χ1n) is 7.91. The Bertz CT molecular complexity index is 494. The number of anilines is 1. The molecule has 0 amide bonds.